The molecule has 6 heteroatoms. The van der Waals surface area contributed by atoms with Crippen LogP contribution in [-0.4, -0.2) is 37.2 Å². The van der Waals surface area contributed by atoms with Crippen LogP contribution in [0.5, 0.6) is 0 Å². The molecule has 6 nitrogen and oxygen atoms in total. The lowest BCUT2D eigenvalue weighted by atomic mass is 10.0. The van der Waals surface area contributed by atoms with Gasteiger partial charge in [0.05, 0.1) is 0 Å². The summed E-state index contributed by atoms with van der Waals surface area (Å²) in [6, 6.07) is 0. The van der Waals surface area contributed by atoms with Gasteiger partial charge in [0.2, 0.25) is 0 Å². The van der Waals surface area contributed by atoms with Gasteiger partial charge in [-0.05, 0) is 57.8 Å². The van der Waals surface area contributed by atoms with E-state index in [2.05, 4.69) is 57.2 Å². The van der Waals surface area contributed by atoms with Crippen molar-refractivity contribution >= 4 is 17.9 Å². The lowest BCUT2D eigenvalue weighted by molar-refractivity contribution is -0.167. The second-order valence-electron chi connectivity index (χ2n) is 18.5. The Balaban J connectivity index is 4.39. The second kappa shape index (κ2) is 52.3. The molecule has 0 saturated heterocycles. The first-order valence-corrected chi connectivity index (χ1v) is 27.5. The Hall–Kier alpha value is -2.37. The second-order valence-corrected chi connectivity index (χ2v) is 18.5. The number of allylic oxidation sites excluding steroid dienone is 6. The summed E-state index contributed by atoms with van der Waals surface area (Å²) in [4.78, 5) is 38.0. The topological polar surface area (TPSA) is 78.9 Å². The Morgan fingerprint density at radius 1 is 0.317 bits per heavy atom. The monoisotopic (exact) mass is 885 g/mol. The molecule has 0 aromatic rings. The average Bonchev–Trinajstić information content (AvgIpc) is 3.28. The molecule has 0 saturated carbocycles. The molecule has 0 aromatic carbocycles. The molecular weight excluding hydrogens is 781 g/mol. The van der Waals surface area contributed by atoms with Crippen molar-refractivity contribution in [3.05, 3.63) is 36.5 Å². The van der Waals surface area contributed by atoms with Crippen LogP contribution in [0.2, 0.25) is 0 Å². The molecule has 0 aliphatic rings. The molecule has 0 radical (unpaired) electrons. The van der Waals surface area contributed by atoms with E-state index in [9.17, 15) is 14.4 Å². The van der Waals surface area contributed by atoms with E-state index in [4.69, 9.17) is 14.2 Å². The molecule has 0 aliphatic heterocycles. The van der Waals surface area contributed by atoms with Crippen molar-refractivity contribution in [2.75, 3.05) is 13.2 Å². The van der Waals surface area contributed by atoms with E-state index in [0.717, 1.165) is 70.6 Å². The Labute approximate surface area is 391 Å². The van der Waals surface area contributed by atoms with Crippen molar-refractivity contribution < 1.29 is 28.6 Å². The summed E-state index contributed by atoms with van der Waals surface area (Å²) in [5, 5.41) is 0. The molecule has 368 valence electrons. The number of ether oxygens (including phenoxy) is 3. The standard InChI is InChI=1S/C57H104O6/c1-4-7-10-13-16-19-22-25-28-31-34-37-40-43-46-49-55(58)61-52-54(63-57(60)51-48-45-42-39-36-33-30-27-24-21-18-15-12-9-6-3)53-62-56(59)50-47-44-41-38-35-32-29-26-23-20-17-14-11-8-5-2/h16,19,25,28,34,37,54H,4-15,17-18,20-24,26-27,29-33,35-36,38-53H2,1-3H3/b19-16-,28-25-,37-34-/t54-/m1/s1. The number of esters is 3. The average molecular weight is 885 g/mol. The molecule has 0 fully saturated rings. The predicted molar refractivity (Wildman–Crippen MR) is 270 cm³/mol. The van der Waals surface area contributed by atoms with Crippen molar-refractivity contribution in [3.63, 3.8) is 0 Å². The van der Waals surface area contributed by atoms with Crippen LogP contribution in [0, 0.1) is 0 Å². The lowest BCUT2D eigenvalue weighted by Gasteiger charge is -2.18. The summed E-state index contributed by atoms with van der Waals surface area (Å²) >= 11 is 0. The Bertz CT molecular complexity index is 1060. The molecule has 1 atom stereocenters. The molecule has 0 heterocycles. The fourth-order valence-electron chi connectivity index (χ4n) is 7.98. The van der Waals surface area contributed by atoms with Gasteiger partial charge in [-0.3, -0.25) is 14.4 Å². The highest BCUT2D eigenvalue weighted by Crippen LogP contribution is 2.16. The van der Waals surface area contributed by atoms with Crippen LogP contribution in [0.3, 0.4) is 0 Å². The Kier molecular flexibility index (Phi) is 50.3. The highest BCUT2D eigenvalue weighted by molar-refractivity contribution is 5.71. The number of hydrogen-bond acceptors (Lipinski definition) is 6. The van der Waals surface area contributed by atoms with E-state index >= 15 is 0 Å². The van der Waals surface area contributed by atoms with E-state index in [1.54, 1.807) is 0 Å². The molecule has 0 aliphatic carbocycles. The smallest absolute Gasteiger partial charge is 0.306 e. The van der Waals surface area contributed by atoms with Gasteiger partial charge >= 0.3 is 17.9 Å². The summed E-state index contributed by atoms with van der Waals surface area (Å²) in [6.45, 7) is 6.61. The van der Waals surface area contributed by atoms with Crippen LogP contribution in [-0.2, 0) is 28.6 Å². The Morgan fingerprint density at radius 2 is 0.571 bits per heavy atom. The largest absolute Gasteiger partial charge is 0.462 e. The van der Waals surface area contributed by atoms with Gasteiger partial charge in [-0.1, -0.05) is 250 Å². The van der Waals surface area contributed by atoms with Gasteiger partial charge < -0.3 is 14.2 Å². The molecule has 0 unspecified atom stereocenters. The Morgan fingerprint density at radius 3 is 0.921 bits per heavy atom. The first-order valence-electron chi connectivity index (χ1n) is 27.5. The first-order chi connectivity index (χ1) is 31.0. The number of unbranched alkanes of at least 4 members (excludes halogenated alkanes) is 33. The van der Waals surface area contributed by atoms with Gasteiger partial charge in [-0.25, -0.2) is 0 Å². The summed E-state index contributed by atoms with van der Waals surface area (Å²) in [6.07, 6.45) is 61.3. The van der Waals surface area contributed by atoms with E-state index in [0.29, 0.717) is 19.3 Å². The summed E-state index contributed by atoms with van der Waals surface area (Å²) < 4.78 is 16.8. The minimum Gasteiger partial charge on any atom is -0.462 e. The number of rotatable bonds is 50. The van der Waals surface area contributed by atoms with Crippen LogP contribution in [0.1, 0.15) is 290 Å². The van der Waals surface area contributed by atoms with Crippen LogP contribution >= 0.6 is 0 Å². The predicted octanol–water partition coefficient (Wildman–Crippen LogP) is 18.1. The fourth-order valence-corrected chi connectivity index (χ4v) is 7.98. The summed E-state index contributed by atoms with van der Waals surface area (Å²) in [5.74, 6) is -0.903. The highest BCUT2D eigenvalue weighted by Gasteiger charge is 2.19. The van der Waals surface area contributed by atoms with Gasteiger partial charge in [-0.2, -0.15) is 0 Å². The molecule has 0 N–H and O–H groups in total. The van der Waals surface area contributed by atoms with Gasteiger partial charge in [0.25, 0.3) is 0 Å². The molecule has 0 amide bonds. The normalized spacial score (nSPS) is 12.2. The van der Waals surface area contributed by atoms with Crippen LogP contribution in [0.25, 0.3) is 0 Å². The van der Waals surface area contributed by atoms with Crippen molar-refractivity contribution in [3.8, 4) is 0 Å². The minimum atomic E-state index is -0.782. The van der Waals surface area contributed by atoms with E-state index in [1.165, 1.54) is 180 Å². The first kappa shape index (κ1) is 60.6. The number of carbonyl (C=O) groups excluding carboxylic acids is 3. The van der Waals surface area contributed by atoms with Gasteiger partial charge in [0, 0.05) is 19.3 Å². The maximum absolute atomic E-state index is 12.8. The van der Waals surface area contributed by atoms with Crippen molar-refractivity contribution in [2.45, 2.75) is 297 Å². The number of carbonyl (C=O) groups is 3. The van der Waals surface area contributed by atoms with E-state index in [1.807, 2.05) is 0 Å². The van der Waals surface area contributed by atoms with Crippen molar-refractivity contribution in [1.82, 2.24) is 0 Å². The minimum absolute atomic E-state index is 0.0794. The molecule has 0 aromatic heterocycles. The zero-order chi connectivity index (χ0) is 45.8. The zero-order valence-electron chi connectivity index (χ0n) is 42.1. The lowest BCUT2D eigenvalue weighted by Crippen LogP contribution is -2.30. The third-order valence-corrected chi connectivity index (χ3v) is 12.1. The SMILES string of the molecule is CCCCC/C=C\C/C=C\C/C=C\CCCCC(=O)OC[C@H](COC(=O)CCCCCCCCCCCCCCCCC)OC(=O)CCCCCCCCCCCCCCCCC. The van der Waals surface area contributed by atoms with Crippen molar-refractivity contribution in [2.24, 2.45) is 0 Å². The summed E-state index contributed by atoms with van der Waals surface area (Å²) in [7, 11) is 0. The third kappa shape index (κ3) is 50.5. The molecule has 0 spiro atoms. The fraction of sp³-hybridized carbons (Fsp3) is 0.842. The van der Waals surface area contributed by atoms with Crippen LogP contribution < -0.4 is 0 Å². The van der Waals surface area contributed by atoms with E-state index < -0.39 is 6.10 Å². The van der Waals surface area contributed by atoms with Gasteiger partial charge in [0.1, 0.15) is 13.2 Å². The van der Waals surface area contributed by atoms with Crippen LogP contribution in [0.15, 0.2) is 36.5 Å². The number of hydrogen-bond donors (Lipinski definition) is 0. The highest BCUT2D eigenvalue weighted by atomic mass is 16.6. The van der Waals surface area contributed by atoms with Gasteiger partial charge in [0.15, 0.2) is 6.10 Å². The van der Waals surface area contributed by atoms with E-state index in [-0.39, 0.29) is 31.1 Å². The third-order valence-electron chi connectivity index (χ3n) is 12.1. The molecule has 0 bridgehead atoms. The maximum Gasteiger partial charge on any atom is 0.306 e. The zero-order valence-corrected chi connectivity index (χ0v) is 42.1. The van der Waals surface area contributed by atoms with Crippen molar-refractivity contribution in [1.29, 1.82) is 0 Å². The van der Waals surface area contributed by atoms with Crippen LogP contribution in [0.4, 0.5) is 0 Å². The molecule has 63 heavy (non-hydrogen) atoms. The van der Waals surface area contributed by atoms with Gasteiger partial charge in [-0.15, -0.1) is 0 Å². The quantitative estimate of drug-likeness (QED) is 0.0262. The summed E-state index contributed by atoms with van der Waals surface area (Å²) in [5.41, 5.74) is 0. The maximum atomic E-state index is 12.8. The molecule has 0 rings (SSSR count). The molecular formula is C57H104O6.